The lowest BCUT2D eigenvalue weighted by molar-refractivity contribution is -0.0614. The van der Waals surface area contributed by atoms with E-state index in [1.807, 2.05) is 36.4 Å². The molecule has 0 amide bonds. The highest BCUT2D eigenvalue weighted by atomic mass is 16.5. The highest BCUT2D eigenvalue weighted by Crippen LogP contribution is 2.40. The molecule has 0 radical (unpaired) electrons. The Morgan fingerprint density at radius 3 is 1.50 bits per heavy atom. The van der Waals surface area contributed by atoms with Crippen LogP contribution in [0.5, 0.6) is 0 Å². The molecular weight excluding hydrogens is 420 g/mol. The van der Waals surface area contributed by atoms with E-state index in [-0.39, 0.29) is 6.10 Å². The second-order valence-corrected chi connectivity index (χ2v) is 8.27. The van der Waals surface area contributed by atoms with Crippen molar-refractivity contribution in [2.24, 2.45) is 0 Å². The van der Waals surface area contributed by atoms with Gasteiger partial charge < -0.3 is 14.2 Å². The van der Waals surface area contributed by atoms with Gasteiger partial charge in [0.15, 0.2) is 0 Å². The summed E-state index contributed by atoms with van der Waals surface area (Å²) >= 11 is 0. The Balaban J connectivity index is 1.54. The van der Waals surface area contributed by atoms with Gasteiger partial charge in [-0.05, 0) is 28.7 Å². The second-order valence-electron chi connectivity index (χ2n) is 8.27. The molecular formula is C31H32O3. The minimum Gasteiger partial charge on any atom is -0.379 e. The molecule has 0 saturated carbocycles. The zero-order valence-electron chi connectivity index (χ0n) is 19.7. The van der Waals surface area contributed by atoms with E-state index in [1.165, 1.54) is 5.56 Å². The molecule has 0 aliphatic heterocycles. The topological polar surface area (TPSA) is 27.7 Å². The van der Waals surface area contributed by atoms with E-state index < -0.39 is 5.60 Å². The van der Waals surface area contributed by atoms with Crippen LogP contribution in [0.25, 0.3) is 0 Å². The fraction of sp³-hybridized carbons (Fsp3) is 0.226. The molecule has 0 aliphatic carbocycles. The molecule has 3 heteroatoms. The van der Waals surface area contributed by atoms with Gasteiger partial charge in [0.1, 0.15) is 5.60 Å². The molecule has 3 nitrogen and oxygen atoms in total. The summed E-state index contributed by atoms with van der Waals surface area (Å²) in [7, 11) is 1.74. The van der Waals surface area contributed by atoms with E-state index in [4.69, 9.17) is 14.2 Å². The lowest BCUT2D eigenvalue weighted by Crippen LogP contribution is -2.36. The van der Waals surface area contributed by atoms with E-state index in [0.29, 0.717) is 19.8 Å². The summed E-state index contributed by atoms with van der Waals surface area (Å²) in [6, 6.07) is 41.5. The van der Waals surface area contributed by atoms with Crippen molar-refractivity contribution in [2.75, 3.05) is 20.3 Å². The average Bonchev–Trinajstić information content (AvgIpc) is 2.92. The van der Waals surface area contributed by atoms with E-state index >= 15 is 0 Å². The highest BCUT2D eigenvalue weighted by Gasteiger charge is 2.38. The molecule has 0 fully saturated rings. The van der Waals surface area contributed by atoms with E-state index in [9.17, 15) is 0 Å². The molecule has 0 spiro atoms. The number of benzene rings is 4. The first-order valence-electron chi connectivity index (χ1n) is 11.8. The molecule has 4 rings (SSSR count). The average molecular weight is 453 g/mol. The molecule has 4 aromatic carbocycles. The maximum atomic E-state index is 6.88. The Labute approximate surface area is 202 Å². The predicted octanol–water partition coefficient (Wildman–Crippen LogP) is 6.62. The summed E-state index contributed by atoms with van der Waals surface area (Å²) in [4.78, 5) is 0. The minimum absolute atomic E-state index is 0.0914. The van der Waals surface area contributed by atoms with E-state index in [0.717, 1.165) is 23.1 Å². The Kier molecular flexibility index (Phi) is 8.64. The van der Waals surface area contributed by atoms with Crippen LogP contribution in [0.1, 0.15) is 28.7 Å². The molecule has 34 heavy (non-hydrogen) atoms. The molecule has 174 valence electrons. The van der Waals surface area contributed by atoms with E-state index in [1.54, 1.807) is 7.11 Å². The number of methoxy groups -OCH3 is 1. The van der Waals surface area contributed by atoms with Gasteiger partial charge in [0.25, 0.3) is 0 Å². The van der Waals surface area contributed by atoms with Crippen LogP contribution in [0, 0.1) is 0 Å². The van der Waals surface area contributed by atoms with Crippen LogP contribution in [0.4, 0.5) is 0 Å². The summed E-state index contributed by atoms with van der Waals surface area (Å²) in [5.41, 5.74) is 3.68. The Bertz CT molecular complexity index is 986. The zero-order valence-corrected chi connectivity index (χ0v) is 19.7. The van der Waals surface area contributed by atoms with Crippen LogP contribution in [0.3, 0.4) is 0 Å². The molecule has 0 bridgehead atoms. The zero-order chi connectivity index (χ0) is 23.5. The monoisotopic (exact) mass is 452 g/mol. The van der Waals surface area contributed by atoms with Gasteiger partial charge in [-0.3, -0.25) is 0 Å². The number of hydrogen-bond donors (Lipinski definition) is 0. The Morgan fingerprint density at radius 2 is 1.06 bits per heavy atom. The molecule has 0 heterocycles. The maximum absolute atomic E-state index is 6.88. The molecule has 1 unspecified atom stereocenters. The van der Waals surface area contributed by atoms with Gasteiger partial charge >= 0.3 is 0 Å². The molecule has 0 aliphatic rings. The van der Waals surface area contributed by atoms with E-state index in [2.05, 4.69) is 84.9 Å². The van der Waals surface area contributed by atoms with Crippen molar-refractivity contribution in [1.82, 2.24) is 0 Å². The lowest BCUT2D eigenvalue weighted by Gasteiger charge is -2.37. The van der Waals surface area contributed by atoms with Crippen LogP contribution in [0.2, 0.25) is 0 Å². The summed E-state index contributed by atoms with van der Waals surface area (Å²) in [5, 5.41) is 0. The lowest BCUT2D eigenvalue weighted by atomic mass is 9.80. The van der Waals surface area contributed by atoms with Crippen molar-refractivity contribution in [3.63, 3.8) is 0 Å². The van der Waals surface area contributed by atoms with Gasteiger partial charge in [-0.15, -0.1) is 0 Å². The van der Waals surface area contributed by atoms with Crippen molar-refractivity contribution in [1.29, 1.82) is 0 Å². The standard InChI is InChI=1S/C31H32O3/c1-32-30(22-23-33-24-26-14-6-2-7-15-26)25-34-31(27-16-8-3-9-17-27,28-18-10-4-11-19-28)29-20-12-5-13-21-29/h2-21,30H,22-25H2,1H3. The number of ether oxygens (including phenoxy) is 3. The van der Waals surface area contributed by atoms with Crippen molar-refractivity contribution in [3.8, 4) is 0 Å². The first-order valence-corrected chi connectivity index (χ1v) is 11.8. The molecule has 1 atom stereocenters. The number of hydrogen-bond acceptors (Lipinski definition) is 3. The highest BCUT2D eigenvalue weighted by molar-refractivity contribution is 5.47. The van der Waals surface area contributed by atoms with Crippen molar-refractivity contribution >= 4 is 0 Å². The van der Waals surface area contributed by atoms with Crippen molar-refractivity contribution in [2.45, 2.75) is 24.7 Å². The molecule has 0 N–H and O–H groups in total. The second kappa shape index (κ2) is 12.3. The fourth-order valence-corrected chi connectivity index (χ4v) is 4.23. The van der Waals surface area contributed by atoms with Gasteiger partial charge in [-0.1, -0.05) is 121 Å². The summed E-state index contributed by atoms with van der Waals surface area (Å²) in [6.45, 7) is 1.63. The van der Waals surface area contributed by atoms with Crippen LogP contribution < -0.4 is 0 Å². The molecule has 0 saturated heterocycles. The van der Waals surface area contributed by atoms with Gasteiger partial charge in [-0.25, -0.2) is 0 Å². The van der Waals surface area contributed by atoms with Gasteiger partial charge in [-0.2, -0.15) is 0 Å². The first kappa shape index (κ1) is 23.9. The first-order chi connectivity index (χ1) is 16.8. The smallest absolute Gasteiger partial charge is 0.143 e. The summed E-state index contributed by atoms with van der Waals surface area (Å²) < 4.78 is 18.6. The van der Waals surface area contributed by atoms with Gasteiger partial charge in [0.05, 0.1) is 19.3 Å². The van der Waals surface area contributed by atoms with Crippen molar-refractivity contribution < 1.29 is 14.2 Å². The summed E-state index contributed by atoms with van der Waals surface area (Å²) in [5.74, 6) is 0. The third kappa shape index (κ3) is 5.81. The molecule has 0 aromatic heterocycles. The summed E-state index contributed by atoms with van der Waals surface area (Å²) in [6.07, 6.45) is 0.656. The maximum Gasteiger partial charge on any atom is 0.143 e. The third-order valence-corrected chi connectivity index (χ3v) is 6.06. The van der Waals surface area contributed by atoms with Gasteiger partial charge in [0, 0.05) is 13.7 Å². The normalized spacial score (nSPS) is 12.4. The molecule has 4 aromatic rings. The fourth-order valence-electron chi connectivity index (χ4n) is 4.23. The van der Waals surface area contributed by atoms with Crippen LogP contribution in [-0.4, -0.2) is 26.4 Å². The Hall–Kier alpha value is -3.24. The minimum atomic E-state index is -0.745. The third-order valence-electron chi connectivity index (χ3n) is 6.06. The van der Waals surface area contributed by atoms with Crippen molar-refractivity contribution in [3.05, 3.63) is 144 Å². The largest absolute Gasteiger partial charge is 0.379 e. The quantitative estimate of drug-likeness (QED) is 0.179. The van der Waals surface area contributed by atoms with Gasteiger partial charge in [0.2, 0.25) is 0 Å². The SMILES string of the molecule is COC(CCOCc1ccccc1)COC(c1ccccc1)(c1ccccc1)c1ccccc1. The Morgan fingerprint density at radius 1 is 0.618 bits per heavy atom. The van der Waals surface area contributed by atoms with Crippen LogP contribution in [0.15, 0.2) is 121 Å². The van der Waals surface area contributed by atoms with Crippen LogP contribution >= 0.6 is 0 Å². The number of rotatable bonds is 12. The van der Waals surface area contributed by atoms with Crippen LogP contribution in [-0.2, 0) is 26.4 Å². The predicted molar refractivity (Wildman–Crippen MR) is 137 cm³/mol.